The molecular formula is C17H20N4. The third-order valence-corrected chi connectivity index (χ3v) is 3.82. The first kappa shape index (κ1) is 13.8. The van der Waals surface area contributed by atoms with E-state index in [1.54, 1.807) is 0 Å². The second-order valence-corrected chi connectivity index (χ2v) is 5.14. The summed E-state index contributed by atoms with van der Waals surface area (Å²) in [6.45, 7) is 6.01. The Bertz CT molecular complexity index is 718. The Morgan fingerprint density at radius 1 is 1.14 bits per heavy atom. The Morgan fingerprint density at radius 2 is 1.90 bits per heavy atom. The average Bonchev–Trinajstić information content (AvgIpc) is 2.91. The minimum Gasteiger partial charge on any atom is -0.327 e. The second-order valence-electron chi connectivity index (χ2n) is 5.14. The summed E-state index contributed by atoms with van der Waals surface area (Å²) >= 11 is 0. The summed E-state index contributed by atoms with van der Waals surface area (Å²) in [6, 6.07) is 12.6. The summed E-state index contributed by atoms with van der Waals surface area (Å²) in [4.78, 5) is 8.80. The molecule has 0 saturated heterocycles. The Morgan fingerprint density at radius 3 is 2.67 bits per heavy atom. The molecular weight excluding hydrogens is 260 g/mol. The molecule has 2 heterocycles. The maximum Gasteiger partial charge on any atom is 0.123 e. The topological polar surface area (TPSA) is 42.7 Å². The fourth-order valence-corrected chi connectivity index (χ4v) is 2.63. The zero-order chi connectivity index (χ0) is 14.7. The summed E-state index contributed by atoms with van der Waals surface area (Å²) < 4.78 is 2.27. The van der Waals surface area contributed by atoms with Gasteiger partial charge in [0.05, 0.1) is 17.6 Å². The van der Waals surface area contributed by atoms with E-state index in [0.717, 1.165) is 24.4 Å². The third-order valence-electron chi connectivity index (χ3n) is 3.82. The lowest BCUT2D eigenvalue weighted by molar-refractivity contribution is 0.543. The van der Waals surface area contributed by atoms with E-state index in [2.05, 4.69) is 46.9 Å². The van der Waals surface area contributed by atoms with Crippen molar-refractivity contribution in [1.29, 1.82) is 0 Å². The normalized spacial score (nSPS) is 12.7. The standard InChI is InChI=1S/C17H20N4/c1-3-21-16-7-5-4-6-15(16)20-17(21)12-19-13(2)14-8-10-18-11-9-14/h4-11,13,19H,3,12H2,1-2H3/t13-/m0/s1. The monoisotopic (exact) mass is 280 g/mol. The predicted octanol–water partition coefficient (Wildman–Crippen LogP) is 3.30. The van der Waals surface area contributed by atoms with Crippen LogP contribution in [-0.4, -0.2) is 14.5 Å². The van der Waals surface area contributed by atoms with Crippen molar-refractivity contribution < 1.29 is 0 Å². The van der Waals surface area contributed by atoms with Crippen LogP contribution in [-0.2, 0) is 13.1 Å². The van der Waals surface area contributed by atoms with Crippen molar-refractivity contribution >= 4 is 11.0 Å². The third kappa shape index (κ3) is 2.81. The van der Waals surface area contributed by atoms with Crippen LogP contribution in [0.25, 0.3) is 11.0 Å². The molecule has 0 spiro atoms. The van der Waals surface area contributed by atoms with Crippen LogP contribution in [0, 0.1) is 0 Å². The van der Waals surface area contributed by atoms with E-state index < -0.39 is 0 Å². The summed E-state index contributed by atoms with van der Waals surface area (Å²) in [5.41, 5.74) is 3.50. The molecule has 0 aliphatic rings. The molecule has 1 aromatic carbocycles. The van der Waals surface area contributed by atoms with Crippen molar-refractivity contribution in [3.63, 3.8) is 0 Å². The number of fused-ring (bicyclic) bond motifs is 1. The molecule has 0 aliphatic heterocycles. The van der Waals surface area contributed by atoms with Crippen LogP contribution in [0.1, 0.15) is 31.3 Å². The van der Waals surface area contributed by atoms with Crippen LogP contribution in [0.2, 0.25) is 0 Å². The van der Waals surface area contributed by atoms with Crippen molar-refractivity contribution in [2.75, 3.05) is 0 Å². The van der Waals surface area contributed by atoms with Gasteiger partial charge < -0.3 is 9.88 Å². The van der Waals surface area contributed by atoms with E-state index in [-0.39, 0.29) is 6.04 Å². The van der Waals surface area contributed by atoms with E-state index in [9.17, 15) is 0 Å². The van der Waals surface area contributed by atoms with Gasteiger partial charge in [-0.1, -0.05) is 12.1 Å². The molecule has 3 aromatic rings. The first-order valence-electron chi connectivity index (χ1n) is 7.37. The van der Waals surface area contributed by atoms with Crippen molar-refractivity contribution in [2.24, 2.45) is 0 Å². The zero-order valence-corrected chi connectivity index (χ0v) is 12.5. The number of hydrogen-bond acceptors (Lipinski definition) is 3. The molecule has 0 amide bonds. The Labute approximate surface area is 124 Å². The quantitative estimate of drug-likeness (QED) is 0.779. The summed E-state index contributed by atoms with van der Waals surface area (Å²) in [5, 5.41) is 3.54. The number of benzene rings is 1. The fourth-order valence-electron chi connectivity index (χ4n) is 2.63. The molecule has 0 fully saturated rings. The van der Waals surface area contributed by atoms with Gasteiger partial charge in [-0.2, -0.15) is 0 Å². The van der Waals surface area contributed by atoms with Gasteiger partial charge in [0.1, 0.15) is 5.82 Å². The Hall–Kier alpha value is -2.20. The number of para-hydroxylation sites is 2. The van der Waals surface area contributed by atoms with Crippen molar-refractivity contribution in [2.45, 2.75) is 33.0 Å². The van der Waals surface area contributed by atoms with Crippen molar-refractivity contribution in [1.82, 2.24) is 19.9 Å². The average molecular weight is 280 g/mol. The van der Waals surface area contributed by atoms with Crippen LogP contribution < -0.4 is 5.32 Å². The van der Waals surface area contributed by atoms with Gasteiger partial charge in [0, 0.05) is 25.0 Å². The molecule has 21 heavy (non-hydrogen) atoms. The number of imidazole rings is 1. The van der Waals surface area contributed by atoms with Gasteiger partial charge in [-0.05, 0) is 43.7 Å². The van der Waals surface area contributed by atoms with Crippen LogP contribution in [0.15, 0.2) is 48.8 Å². The number of nitrogens with one attached hydrogen (secondary N) is 1. The van der Waals surface area contributed by atoms with Gasteiger partial charge in [-0.25, -0.2) is 4.98 Å². The van der Waals surface area contributed by atoms with Crippen LogP contribution in [0.3, 0.4) is 0 Å². The maximum absolute atomic E-state index is 4.74. The van der Waals surface area contributed by atoms with E-state index in [0.29, 0.717) is 0 Å². The van der Waals surface area contributed by atoms with E-state index >= 15 is 0 Å². The molecule has 0 saturated carbocycles. The van der Waals surface area contributed by atoms with E-state index in [1.165, 1.54) is 11.1 Å². The molecule has 0 unspecified atom stereocenters. The molecule has 1 N–H and O–H groups in total. The number of aryl methyl sites for hydroxylation is 1. The minimum absolute atomic E-state index is 0.276. The molecule has 108 valence electrons. The molecule has 0 bridgehead atoms. The highest BCUT2D eigenvalue weighted by Gasteiger charge is 2.10. The van der Waals surface area contributed by atoms with Crippen molar-refractivity contribution in [3.8, 4) is 0 Å². The molecule has 0 aliphatic carbocycles. The van der Waals surface area contributed by atoms with E-state index in [4.69, 9.17) is 4.98 Å². The fraction of sp³-hybridized carbons (Fsp3) is 0.294. The largest absolute Gasteiger partial charge is 0.327 e. The van der Waals surface area contributed by atoms with Crippen molar-refractivity contribution in [3.05, 3.63) is 60.2 Å². The number of nitrogens with zero attached hydrogens (tertiary/aromatic N) is 3. The van der Waals surface area contributed by atoms with Crippen LogP contribution in [0.4, 0.5) is 0 Å². The van der Waals surface area contributed by atoms with Crippen LogP contribution >= 0.6 is 0 Å². The highest BCUT2D eigenvalue weighted by Crippen LogP contribution is 2.17. The maximum atomic E-state index is 4.74. The second kappa shape index (κ2) is 6.06. The Balaban J connectivity index is 1.79. The molecule has 2 aromatic heterocycles. The number of rotatable bonds is 5. The lowest BCUT2D eigenvalue weighted by atomic mass is 10.1. The van der Waals surface area contributed by atoms with E-state index in [1.807, 2.05) is 30.6 Å². The lowest BCUT2D eigenvalue weighted by Crippen LogP contribution is -2.20. The van der Waals surface area contributed by atoms with Crippen LogP contribution in [0.5, 0.6) is 0 Å². The smallest absolute Gasteiger partial charge is 0.123 e. The SMILES string of the molecule is CCn1c(CN[C@@H](C)c2ccncc2)nc2ccccc21. The molecule has 3 rings (SSSR count). The highest BCUT2D eigenvalue weighted by molar-refractivity contribution is 5.75. The summed E-state index contributed by atoms with van der Waals surface area (Å²) in [6.07, 6.45) is 3.66. The van der Waals surface area contributed by atoms with Gasteiger partial charge in [0.25, 0.3) is 0 Å². The predicted molar refractivity (Wildman–Crippen MR) is 84.9 cm³/mol. The first-order chi connectivity index (χ1) is 10.3. The number of hydrogen-bond donors (Lipinski definition) is 1. The zero-order valence-electron chi connectivity index (χ0n) is 12.5. The highest BCUT2D eigenvalue weighted by atomic mass is 15.1. The molecule has 4 heteroatoms. The number of pyridine rings is 1. The van der Waals surface area contributed by atoms with Gasteiger partial charge in [-0.3, -0.25) is 4.98 Å². The van der Waals surface area contributed by atoms with Gasteiger partial charge in [0.2, 0.25) is 0 Å². The first-order valence-corrected chi connectivity index (χ1v) is 7.37. The van der Waals surface area contributed by atoms with Gasteiger partial charge in [-0.15, -0.1) is 0 Å². The lowest BCUT2D eigenvalue weighted by Gasteiger charge is -2.14. The molecule has 4 nitrogen and oxygen atoms in total. The minimum atomic E-state index is 0.276. The van der Waals surface area contributed by atoms with Gasteiger partial charge in [0.15, 0.2) is 0 Å². The van der Waals surface area contributed by atoms with Gasteiger partial charge >= 0.3 is 0 Å². The Kier molecular flexibility index (Phi) is 3.97. The summed E-state index contributed by atoms with van der Waals surface area (Å²) in [7, 11) is 0. The molecule has 0 radical (unpaired) electrons. The summed E-state index contributed by atoms with van der Waals surface area (Å²) in [5.74, 6) is 1.08. The number of aromatic nitrogens is 3. The molecule has 1 atom stereocenters.